The Bertz CT molecular complexity index is 2100. The Balaban J connectivity index is 1.24. The first-order valence-electron chi connectivity index (χ1n) is 17.3. The number of aromatic nitrogens is 5. The van der Waals surface area contributed by atoms with E-state index in [9.17, 15) is 23.1 Å². The lowest BCUT2D eigenvalue weighted by Gasteiger charge is -2.31. The summed E-state index contributed by atoms with van der Waals surface area (Å²) in [5.41, 5.74) is 2.92. The summed E-state index contributed by atoms with van der Waals surface area (Å²) in [5, 5.41) is 18.9. The number of imidazole rings is 1. The quantitative estimate of drug-likeness (QED) is 0.169. The second-order valence-electron chi connectivity index (χ2n) is 13.8. The highest BCUT2D eigenvalue weighted by atomic mass is 32.1. The highest BCUT2D eigenvalue weighted by molar-refractivity contribution is 7.13. The van der Waals surface area contributed by atoms with Crippen LogP contribution >= 0.6 is 11.3 Å². The number of nitrogens with one attached hydrogen (secondary N) is 1. The van der Waals surface area contributed by atoms with Crippen molar-refractivity contribution in [2.24, 2.45) is 5.92 Å². The number of aliphatic hydroxyl groups excluding tert-OH is 1. The Kier molecular flexibility index (Phi) is 9.52. The maximum Gasteiger partial charge on any atom is 0.417 e. The van der Waals surface area contributed by atoms with Crippen LogP contribution in [0.5, 0.6) is 0 Å². The van der Waals surface area contributed by atoms with E-state index in [2.05, 4.69) is 55.5 Å². The number of benzene rings is 2. The minimum absolute atomic E-state index is 0.112. The molecule has 2 aliphatic heterocycles. The van der Waals surface area contributed by atoms with Crippen molar-refractivity contribution in [1.29, 1.82) is 0 Å². The predicted molar refractivity (Wildman–Crippen MR) is 190 cm³/mol. The number of carbonyl (C=O) groups excluding carboxylic acids is 1. The van der Waals surface area contributed by atoms with Crippen LogP contribution in [0.4, 0.5) is 18.3 Å². The van der Waals surface area contributed by atoms with E-state index in [1.54, 1.807) is 24.8 Å². The van der Waals surface area contributed by atoms with E-state index in [0.29, 0.717) is 34.3 Å². The van der Waals surface area contributed by atoms with Gasteiger partial charge in [0.25, 0.3) is 5.91 Å². The Morgan fingerprint density at radius 2 is 1.94 bits per heavy atom. The Hall–Kier alpha value is -4.51. The van der Waals surface area contributed by atoms with E-state index < -0.39 is 23.7 Å². The molecule has 9 nitrogen and oxygen atoms in total. The van der Waals surface area contributed by atoms with Gasteiger partial charge in [-0.25, -0.2) is 9.97 Å². The summed E-state index contributed by atoms with van der Waals surface area (Å²) in [6.45, 7) is 8.85. The van der Waals surface area contributed by atoms with Crippen LogP contribution in [-0.2, 0) is 29.5 Å². The lowest BCUT2D eigenvalue weighted by Crippen LogP contribution is -2.34. The Morgan fingerprint density at radius 3 is 2.61 bits per heavy atom. The number of aliphatic hydroxyl groups is 1. The van der Waals surface area contributed by atoms with Crippen LogP contribution in [-0.4, -0.2) is 59.9 Å². The number of amides is 1. The van der Waals surface area contributed by atoms with Gasteiger partial charge in [0.05, 0.1) is 23.1 Å². The second-order valence-corrected chi connectivity index (χ2v) is 14.7. The normalized spacial score (nSPS) is 18.8. The van der Waals surface area contributed by atoms with Gasteiger partial charge in [0.15, 0.2) is 11.2 Å². The number of carbonyl (C=O) groups is 1. The molecule has 2 unspecified atom stereocenters. The maximum absolute atomic E-state index is 14.7. The van der Waals surface area contributed by atoms with E-state index >= 15 is 0 Å². The predicted octanol–water partition coefficient (Wildman–Crippen LogP) is 6.92. The van der Waals surface area contributed by atoms with Crippen LogP contribution in [0.3, 0.4) is 0 Å². The maximum atomic E-state index is 14.7. The molecule has 0 radical (unpaired) electrons. The molecule has 2 atom stereocenters. The van der Waals surface area contributed by atoms with Gasteiger partial charge in [0.2, 0.25) is 0 Å². The van der Waals surface area contributed by atoms with Crippen molar-refractivity contribution < 1.29 is 23.1 Å². The molecular weight excluding hydrogens is 676 g/mol. The smallest absolute Gasteiger partial charge is 0.396 e. The SMILES string of the molecule is CCC1(C)CCc2c(C(C(=O)Nc3nccs3)n3cc4c(C(F)(F)F)cc(C#Cc5ccc(CN6CCC(CO)CC6)cc5)c(C)c4n3)ncn21. The zero-order valence-electron chi connectivity index (χ0n) is 28.8. The zero-order chi connectivity index (χ0) is 35.9. The van der Waals surface area contributed by atoms with Gasteiger partial charge in [-0.05, 0) is 94.3 Å². The molecule has 13 heteroatoms. The average molecular weight is 716 g/mol. The summed E-state index contributed by atoms with van der Waals surface area (Å²) in [6, 6.07) is 7.70. The molecule has 0 bridgehead atoms. The third-order valence-corrected chi connectivity index (χ3v) is 11.3. The third kappa shape index (κ3) is 6.92. The molecular formula is C38H40F3N7O2S. The number of fused-ring (bicyclic) bond motifs is 2. The van der Waals surface area contributed by atoms with Crippen LogP contribution < -0.4 is 5.32 Å². The van der Waals surface area contributed by atoms with E-state index in [1.807, 2.05) is 24.3 Å². The standard InChI is InChI=1S/C38H40F3N7O2S/c1-4-37(3)14-11-31-33(43-23-47(31)37)34(35(50)44-36-42-15-18-51-36)48-21-29-30(38(39,40)41)19-28(24(2)32(29)45-48)10-9-25-5-7-26(8-6-25)20-46-16-12-27(22-49)13-17-46/h5-8,15,18-19,21,23,27,34,49H,4,11-14,16-17,20,22H2,1-3H3,(H,42,44,50). The average Bonchev–Trinajstić information content (AvgIpc) is 3.93. The van der Waals surface area contributed by atoms with Crippen molar-refractivity contribution in [3.05, 3.63) is 93.6 Å². The minimum Gasteiger partial charge on any atom is -0.396 e. The van der Waals surface area contributed by atoms with Crippen molar-refractivity contribution in [2.45, 2.75) is 77.2 Å². The molecule has 51 heavy (non-hydrogen) atoms. The first-order chi connectivity index (χ1) is 24.5. The van der Waals surface area contributed by atoms with Crippen molar-refractivity contribution in [1.82, 2.24) is 29.2 Å². The highest BCUT2D eigenvalue weighted by Gasteiger charge is 2.40. The monoisotopic (exact) mass is 715 g/mol. The molecule has 0 spiro atoms. The fraction of sp³-hybridized carbons (Fsp3) is 0.421. The van der Waals surface area contributed by atoms with Gasteiger partial charge in [-0.3, -0.25) is 19.7 Å². The van der Waals surface area contributed by atoms with Crippen LogP contribution in [0, 0.1) is 24.7 Å². The topological polar surface area (TPSA) is 101 Å². The van der Waals surface area contributed by atoms with Crippen LogP contribution in [0.2, 0.25) is 0 Å². The first-order valence-corrected chi connectivity index (χ1v) is 18.2. The second kappa shape index (κ2) is 13.9. The largest absolute Gasteiger partial charge is 0.417 e. The number of piperidine rings is 1. The van der Waals surface area contributed by atoms with Crippen molar-refractivity contribution in [3.8, 4) is 11.8 Å². The number of hydrogen-bond donors (Lipinski definition) is 2. The number of likely N-dealkylation sites (tertiary alicyclic amines) is 1. The van der Waals surface area contributed by atoms with Crippen molar-refractivity contribution in [3.63, 3.8) is 0 Å². The van der Waals surface area contributed by atoms with Gasteiger partial charge < -0.3 is 9.67 Å². The molecule has 0 aliphatic carbocycles. The number of halogens is 3. The van der Waals surface area contributed by atoms with E-state index in [-0.39, 0.29) is 28.6 Å². The molecule has 5 heterocycles. The fourth-order valence-electron chi connectivity index (χ4n) is 7.25. The van der Waals surface area contributed by atoms with Gasteiger partial charge in [-0.15, -0.1) is 11.3 Å². The molecule has 1 fully saturated rings. The summed E-state index contributed by atoms with van der Waals surface area (Å²) >= 11 is 1.25. The Morgan fingerprint density at radius 1 is 1.18 bits per heavy atom. The van der Waals surface area contributed by atoms with Crippen molar-refractivity contribution >= 4 is 33.3 Å². The molecule has 7 rings (SSSR count). The van der Waals surface area contributed by atoms with Gasteiger partial charge >= 0.3 is 6.18 Å². The summed E-state index contributed by atoms with van der Waals surface area (Å²) in [4.78, 5) is 25.2. The van der Waals surface area contributed by atoms with Crippen LogP contribution in [0.25, 0.3) is 10.9 Å². The minimum atomic E-state index is -4.69. The summed E-state index contributed by atoms with van der Waals surface area (Å²) in [7, 11) is 0. The van der Waals surface area contributed by atoms with Crippen LogP contribution in [0.15, 0.2) is 54.4 Å². The zero-order valence-corrected chi connectivity index (χ0v) is 29.6. The van der Waals surface area contributed by atoms with E-state index in [1.165, 1.54) is 22.2 Å². The van der Waals surface area contributed by atoms with Crippen LogP contribution in [0.1, 0.15) is 84.8 Å². The van der Waals surface area contributed by atoms with E-state index in [4.69, 9.17) is 0 Å². The van der Waals surface area contributed by atoms with Gasteiger partial charge in [0.1, 0.15) is 0 Å². The van der Waals surface area contributed by atoms with Gasteiger partial charge in [-0.2, -0.15) is 18.3 Å². The number of rotatable bonds is 8. The highest BCUT2D eigenvalue weighted by Crippen LogP contribution is 2.41. The number of alkyl halides is 3. The lowest BCUT2D eigenvalue weighted by atomic mass is 9.96. The molecule has 2 N–H and O–H groups in total. The number of thiazole rings is 1. The molecule has 3 aromatic heterocycles. The van der Waals surface area contributed by atoms with E-state index in [0.717, 1.165) is 62.6 Å². The number of hydrogen-bond acceptors (Lipinski definition) is 7. The lowest BCUT2D eigenvalue weighted by molar-refractivity contribution is -0.136. The molecule has 2 aliphatic rings. The van der Waals surface area contributed by atoms with Gasteiger partial charge in [-0.1, -0.05) is 30.9 Å². The molecule has 1 amide bonds. The number of aryl methyl sites for hydroxylation is 1. The summed E-state index contributed by atoms with van der Waals surface area (Å²) in [5.74, 6) is 5.91. The fourth-order valence-corrected chi connectivity index (χ4v) is 7.78. The Labute approximate surface area is 298 Å². The molecule has 266 valence electrons. The summed E-state index contributed by atoms with van der Waals surface area (Å²) < 4.78 is 47.4. The molecule has 5 aromatic rings. The van der Waals surface area contributed by atoms with Gasteiger partial charge in [0, 0.05) is 58.7 Å². The molecule has 2 aromatic carbocycles. The number of nitrogens with zero attached hydrogens (tertiary/aromatic N) is 6. The third-order valence-electron chi connectivity index (χ3n) is 10.6. The first kappa shape index (κ1) is 34.9. The molecule has 1 saturated heterocycles. The summed E-state index contributed by atoms with van der Waals surface area (Å²) in [6.07, 6.45) is 4.27. The number of anilines is 1. The molecule has 0 saturated carbocycles. The van der Waals surface area contributed by atoms with Crippen molar-refractivity contribution in [2.75, 3.05) is 25.0 Å².